The molecular weight excluding hydrogens is 454 g/mol. The van der Waals surface area contributed by atoms with Crippen molar-refractivity contribution in [3.63, 3.8) is 0 Å². The molecule has 0 saturated carbocycles. The topological polar surface area (TPSA) is 97.7 Å². The van der Waals surface area contributed by atoms with Gasteiger partial charge >= 0.3 is 5.97 Å². The van der Waals surface area contributed by atoms with Crippen LogP contribution in [0.1, 0.15) is 59.6 Å². The van der Waals surface area contributed by atoms with Gasteiger partial charge in [-0.15, -0.1) is 0 Å². The molecule has 2 heterocycles. The second-order valence-electron chi connectivity index (χ2n) is 8.81. The molecule has 0 atom stereocenters. The van der Waals surface area contributed by atoms with Crippen LogP contribution < -0.4 is 5.32 Å². The van der Waals surface area contributed by atoms with Crippen molar-refractivity contribution in [2.24, 2.45) is 5.92 Å². The number of ether oxygens (including phenoxy) is 1. The Morgan fingerprint density at radius 3 is 2.24 bits per heavy atom. The summed E-state index contributed by atoms with van der Waals surface area (Å²) in [7, 11) is -3.94. The minimum Gasteiger partial charge on any atom is -0.462 e. The van der Waals surface area contributed by atoms with Gasteiger partial charge in [0.2, 0.25) is 15.9 Å². The van der Waals surface area contributed by atoms with Crippen molar-refractivity contribution in [3.8, 4) is 0 Å². The molecule has 3 rings (SSSR count). The monoisotopic (exact) mass is 489 g/mol. The number of nitrogens with zero attached hydrogens (tertiary/aromatic N) is 2. The van der Waals surface area contributed by atoms with E-state index in [-0.39, 0.29) is 42.0 Å². The van der Waals surface area contributed by atoms with Gasteiger partial charge in [-0.25, -0.2) is 13.2 Å². The lowest BCUT2D eigenvalue weighted by Crippen LogP contribution is -2.42. The minimum atomic E-state index is -3.94. The van der Waals surface area contributed by atoms with Crippen LogP contribution in [0.2, 0.25) is 0 Å². The van der Waals surface area contributed by atoms with Crippen LogP contribution in [-0.4, -0.2) is 48.9 Å². The number of benzene rings is 1. The van der Waals surface area contributed by atoms with Crippen molar-refractivity contribution in [2.75, 3.05) is 25.0 Å². The summed E-state index contributed by atoms with van der Waals surface area (Å²) in [5.41, 5.74) is 4.21. The van der Waals surface area contributed by atoms with E-state index < -0.39 is 16.0 Å². The number of hydrogen-bond acceptors (Lipinski definition) is 5. The van der Waals surface area contributed by atoms with Gasteiger partial charge < -0.3 is 14.6 Å². The Morgan fingerprint density at radius 2 is 1.68 bits per heavy atom. The molecule has 0 unspecified atom stereocenters. The van der Waals surface area contributed by atoms with Crippen LogP contribution in [0, 0.1) is 33.6 Å². The first-order valence-electron chi connectivity index (χ1n) is 11.8. The molecule has 186 valence electrons. The lowest BCUT2D eigenvalue weighted by Gasteiger charge is -2.30. The van der Waals surface area contributed by atoms with E-state index in [2.05, 4.69) is 5.32 Å². The quantitative estimate of drug-likeness (QED) is 0.594. The summed E-state index contributed by atoms with van der Waals surface area (Å²) in [6.07, 6.45) is 0.828. The fourth-order valence-corrected chi connectivity index (χ4v) is 6.56. The highest BCUT2D eigenvalue weighted by Crippen LogP contribution is 2.32. The summed E-state index contributed by atoms with van der Waals surface area (Å²) in [5, 5.41) is 2.96. The number of rotatable bonds is 7. The predicted molar refractivity (Wildman–Crippen MR) is 132 cm³/mol. The molecule has 1 aliphatic rings. The third-order valence-corrected chi connectivity index (χ3v) is 8.78. The summed E-state index contributed by atoms with van der Waals surface area (Å²) >= 11 is 0. The highest BCUT2D eigenvalue weighted by Gasteiger charge is 2.38. The van der Waals surface area contributed by atoms with Gasteiger partial charge in [0, 0.05) is 42.6 Å². The summed E-state index contributed by atoms with van der Waals surface area (Å²) in [4.78, 5) is 25.5. The molecule has 0 radical (unpaired) electrons. The van der Waals surface area contributed by atoms with E-state index in [9.17, 15) is 18.0 Å². The summed E-state index contributed by atoms with van der Waals surface area (Å²) < 4.78 is 35.7. The molecule has 1 aromatic carbocycles. The lowest BCUT2D eigenvalue weighted by atomic mass is 9.97. The van der Waals surface area contributed by atoms with Crippen LogP contribution >= 0.6 is 0 Å². The molecule has 0 bridgehead atoms. The number of hydrogen-bond donors (Lipinski definition) is 1. The predicted octanol–water partition coefficient (Wildman–Crippen LogP) is 3.96. The maximum Gasteiger partial charge on any atom is 0.341 e. The standard InChI is InChI=1S/C25H35N3O5S/c1-7-28-18(5)22(25(30)33-8-2)23(19(28)6)34(31,32)27-13-11-20(12-14-27)24(29)26-21-10-9-16(3)17(4)15-21/h9-10,15,20H,7-8,11-14H2,1-6H3,(H,26,29). The normalized spacial score (nSPS) is 15.4. The average molecular weight is 490 g/mol. The average Bonchev–Trinajstić information content (AvgIpc) is 3.06. The van der Waals surface area contributed by atoms with Crippen molar-refractivity contribution in [3.05, 3.63) is 46.3 Å². The number of piperidine rings is 1. The second kappa shape index (κ2) is 10.3. The number of esters is 1. The van der Waals surface area contributed by atoms with Crippen molar-refractivity contribution < 1.29 is 22.7 Å². The second-order valence-corrected chi connectivity index (χ2v) is 10.7. The fourth-order valence-electron chi connectivity index (χ4n) is 4.64. The smallest absolute Gasteiger partial charge is 0.341 e. The van der Waals surface area contributed by atoms with Gasteiger partial charge in [-0.3, -0.25) is 4.79 Å². The zero-order valence-corrected chi connectivity index (χ0v) is 21.7. The van der Waals surface area contributed by atoms with Crippen LogP contribution in [0.4, 0.5) is 5.69 Å². The molecule has 2 aromatic rings. The zero-order valence-electron chi connectivity index (χ0n) is 20.9. The molecule has 1 amide bonds. The Kier molecular flexibility index (Phi) is 7.88. The number of nitrogens with one attached hydrogen (secondary N) is 1. The van der Waals surface area contributed by atoms with Gasteiger partial charge in [-0.1, -0.05) is 6.07 Å². The molecular formula is C25H35N3O5S. The van der Waals surface area contributed by atoms with Gasteiger partial charge in [0.1, 0.15) is 10.5 Å². The first-order valence-corrected chi connectivity index (χ1v) is 13.2. The van der Waals surface area contributed by atoms with Crippen molar-refractivity contribution in [1.29, 1.82) is 0 Å². The van der Waals surface area contributed by atoms with Crippen molar-refractivity contribution in [1.82, 2.24) is 8.87 Å². The van der Waals surface area contributed by atoms with E-state index in [0.717, 1.165) is 16.8 Å². The molecule has 1 saturated heterocycles. The molecule has 0 spiro atoms. The highest BCUT2D eigenvalue weighted by molar-refractivity contribution is 7.89. The van der Waals surface area contributed by atoms with E-state index in [4.69, 9.17) is 4.74 Å². The number of aromatic nitrogens is 1. The van der Waals surface area contributed by atoms with Crippen LogP contribution in [-0.2, 0) is 26.1 Å². The highest BCUT2D eigenvalue weighted by atomic mass is 32.2. The Labute approximate surface area is 202 Å². The van der Waals surface area contributed by atoms with E-state index in [1.54, 1.807) is 20.8 Å². The van der Waals surface area contributed by atoms with Crippen LogP contribution in [0.25, 0.3) is 0 Å². The van der Waals surface area contributed by atoms with Crippen LogP contribution in [0.15, 0.2) is 23.1 Å². The molecule has 9 heteroatoms. The molecule has 1 aromatic heterocycles. The van der Waals surface area contributed by atoms with E-state index in [1.807, 2.05) is 43.5 Å². The Hall–Kier alpha value is -2.65. The maximum absolute atomic E-state index is 13.7. The van der Waals surface area contributed by atoms with E-state index in [0.29, 0.717) is 30.8 Å². The van der Waals surface area contributed by atoms with Gasteiger partial charge in [-0.05, 0) is 77.6 Å². The van der Waals surface area contributed by atoms with Crippen LogP contribution in [0.3, 0.4) is 0 Å². The number of anilines is 1. The van der Waals surface area contributed by atoms with Crippen molar-refractivity contribution in [2.45, 2.75) is 65.8 Å². The number of carbonyl (C=O) groups is 2. The number of sulfonamides is 1. The number of amides is 1. The first-order chi connectivity index (χ1) is 16.0. The molecule has 1 aliphatic heterocycles. The van der Waals surface area contributed by atoms with E-state index in [1.165, 1.54) is 4.31 Å². The molecule has 0 aliphatic carbocycles. The Bertz CT molecular complexity index is 1190. The summed E-state index contributed by atoms with van der Waals surface area (Å²) in [5.74, 6) is -1.01. The van der Waals surface area contributed by atoms with E-state index >= 15 is 0 Å². The third-order valence-electron chi connectivity index (χ3n) is 6.72. The lowest BCUT2D eigenvalue weighted by molar-refractivity contribution is -0.120. The largest absolute Gasteiger partial charge is 0.462 e. The molecule has 34 heavy (non-hydrogen) atoms. The van der Waals surface area contributed by atoms with Crippen LogP contribution in [0.5, 0.6) is 0 Å². The Balaban J connectivity index is 1.79. The molecule has 1 N–H and O–H groups in total. The number of aryl methyl sites for hydroxylation is 2. The summed E-state index contributed by atoms with van der Waals surface area (Å²) in [6.45, 7) is 12.2. The number of carbonyl (C=O) groups excluding carboxylic acids is 2. The third kappa shape index (κ3) is 4.90. The van der Waals surface area contributed by atoms with Gasteiger partial charge in [0.05, 0.1) is 6.61 Å². The Morgan fingerprint density at radius 1 is 1.03 bits per heavy atom. The first kappa shape index (κ1) is 26.0. The van der Waals surface area contributed by atoms with Gasteiger partial charge in [0.15, 0.2) is 0 Å². The SMILES string of the molecule is CCOC(=O)c1c(S(=O)(=O)N2CCC(C(=O)Nc3ccc(C)c(C)c3)CC2)c(C)n(CC)c1C. The fraction of sp³-hybridized carbons (Fsp3) is 0.520. The molecule has 8 nitrogen and oxygen atoms in total. The maximum atomic E-state index is 13.7. The minimum absolute atomic E-state index is 0.0170. The van der Waals surface area contributed by atoms with Gasteiger partial charge in [-0.2, -0.15) is 4.31 Å². The molecule has 1 fully saturated rings. The summed E-state index contributed by atoms with van der Waals surface area (Å²) in [6, 6.07) is 5.78. The zero-order chi connectivity index (χ0) is 25.2. The van der Waals surface area contributed by atoms with Crippen molar-refractivity contribution >= 4 is 27.6 Å². The van der Waals surface area contributed by atoms with Gasteiger partial charge in [0.25, 0.3) is 0 Å².